The number of ether oxygens (including phenoxy) is 1. The standard InChI is InChI=1S/C15H13NO/c1-2-8-15-9-4-10-16-11-5-3-6-12(14(11)15)17-13(15)7-1/h2-10,12,14H,1H2. The Morgan fingerprint density at radius 1 is 1.29 bits per heavy atom. The van der Waals surface area contributed by atoms with Gasteiger partial charge in [0.05, 0.1) is 11.3 Å². The second-order valence-electron chi connectivity index (χ2n) is 4.81. The van der Waals surface area contributed by atoms with Gasteiger partial charge < -0.3 is 4.74 Å². The Morgan fingerprint density at radius 2 is 2.29 bits per heavy atom. The van der Waals surface area contributed by atoms with Crippen molar-refractivity contribution in [3.05, 3.63) is 60.1 Å². The lowest BCUT2D eigenvalue weighted by Gasteiger charge is -2.30. The lowest BCUT2D eigenvalue weighted by molar-refractivity contribution is 0.180. The van der Waals surface area contributed by atoms with Gasteiger partial charge in [0.1, 0.15) is 11.9 Å². The van der Waals surface area contributed by atoms with E-state index in [4.69, 9.17) is 4.74 Å². The van der Waals surface area contributed by atoms with E-state index in [9.17, 15) is 0 Å². The number of hydrogen-bond acceptors (Lipinski definition) is 2. The van der Waals surface area contributed by atoms with Crippen molar-refractivity contribution in [1.82, 2.24) is 0 Å². The average Bonchev–Trinajstić information content (AvgIpc) is 2.58. The van der Waals surface area contributed by atoms with Crippen LogP contribution in [-0.2, 0) is 4.74 Å². The van der Waals surface area contributed by atoms with E-state index >= 15 is 0 Å². The van der Waals surface area contributed by atoms with Gasteiger partial charge in [0.25, 0.3) is 0 Å². The van der Waals surface area contributed by atoms with Crippen LogP contribution in [0.3, 0.4) is 0 Å². The van der Waals surface area contributed by atoms with Gasteiger partial charge in [0.15, 0.2) is 0 Å². The number of hydrogen-bond donors (Lipinski definition) is 0. The quantitative estimate of drug-likeness (QED) is 0.579. The lowest BCUT2D eigenvalue weighted by atomic mass is 9.69. The van der Waals surface area contributed by atoms with Crippen LogP contribution in [0.2, 0.25) is 0 Å². The molecule has 0 aromatic heterocycles. The fourth-order valence-electron chi connectivity index (χ4n) is 3.22. The molecule has 1 fully saturated rings. The average molecular weight is 223 g/mol. The van der Waals surface area contributed by atoms with Crippen molar-refractivity contribution in [3.63, 3.8) is 0 Å². The van der Waals surface area contributed by atoms with Crippen LogP contribution in [0.5, 0.6) is 0 Å². The Balaban J connectivity index is 1.97. The zero-order valence-corrected chi connectivity index (χ0v) is 9.41. The zero-order chi connectivity index (χ0) is 11.3. The topological polar surface area (TPSA) is 21.6 Å². The van der Waals surface area contributed by atoms with Crippen LogP contribution in [0.4, 0.5) is 0 Å². The monoisotopic (exact) mass is 223 g/mol. The Morgan fingerprint density at radius 3 is 3.29 bits per heavy atom. The van der Waals surface area contributed by atoms with Crippen molar-refractivity contribution in [2.24, 2.45) is 16.3 Å². The highest BCUT2D eigenvalue weighted by atomic mass is 16.5. The fraction of sp³-hybridized carbons (Fsp3) is 0.267. The first-order valence-electron chi connectivity index (χ1n) is 6.05. The maximum atomic E-state index is 6.09. The first kappa shape index (κ1) is 9.23. The summed E-state index contributed by atoms with van der Waals surface area (Å²) in [5.74, 6) is 1.39. The van der Waals surface area contributed by atoms with Crippen LogP contribution in [0.1, 0.15) is 6.42 Å². The molecule has 1 spiro atoms. The van der Waals surface area contributed by atoms with E-state index < -0.39 is 0 Å². The first-order chi connectivity index (χ1) is 8.40. The highest BCUT2D eigenvalue weighted by Gasteiger charge is 2.53. The van der Waals surface area contributed by atoms with E-state index in [1.807, 2.05) is 12.3 Å². The molecule has 3 unspecified atom stereocenters. The highest BCUT2D eigenvalue weighted by molar-refractivity contribution is 5.74. The van der Waals surface area contributed by atoms with E-state index in [-0.39, 0.29) is 11.5 Å². The molecule has 1 saturated heterocycles. The third kappa shape index (κ3) is 1.08. The molecule has 2 heteroatoms. The van der Waals surface area contributed by atoms with Gasteiger partial charge in [-0.15, -0.1) is 0 Å². The number of rotatable bonds is 0. The lowest BCUT2D eigenvalue weighted by Crippen LogP contribution is -2.30. The summed E-state index contributed by atoms with van der Waals surface area (Å²) in [5, 5.41) is 0. The molecular weight excluding hydrogens is 210 g/mol. The second-order valence-corrected chi connectivity index (χ2v) is 4.81. The molecule has 0 amide bonds. The van der Waals surface area contributed by atoms with E-state index in [0.29, 0.717) is 5.92 Å². The van der Waals surface area contributed by atoms with Crippen LogP contribution in [-0.4, -0.2) is 12.3 Å². The van der Waals surface area contributed by atoms with E-state index in [0.717, 1.165) is 17.9 Å². The van der Waals surface area contributed by atoms with Gasteiger partial charge in [-0.2, -0.15) is 0 Å². The number of aliphatic imine (C=N–C) groups is 1. The summed E-state index contributed by atoms with van der Waals surface area (Å²) in [4.78, 5) is 4.53. The van der Waals surface area contributed by atoms with Crippen molar-refractivity contribution in [3.8, 4) is 0 Å². The Hall–Kier alpha value is -1.83. The summed E-state index contributed by atoms with van der Waals surface area (Å²) in [6, 6.07) is 0. The molecule has 2 nitrogen and oxygen atoms in total. The van der Waals surface area contributed by atoms with Gasteiger partial charge in [-0.25, -0.2) is 0 Å². The van der Waals surface area contributed by atoms with Gasteiger partial charge >= 0.3 is 0 Å². The Kier molecular flexibility index (Phi) is 1.68. The zero-order valence-electron chi connectivity index (χ0n) is 9.41. The smallest absolute Gasteiger partial charge is 0.127 e. The number of nitrogens with zero attached hydrogens (tertiary/aromatic N) is 1. The molecule has 0 bridgehead atoms. The van der Waals surface area contributed by atoms with E-state index in [1.165, 1.54) is 0 Å². The summed E-state index contributed by atoms with van der Waals surface area (Å²) < 4.78 is 6.09. The molecule has 0 N–H and O–H groups in total. The van der Waals surface area contributed by atoms with Gasteiger partial charge in [-0.3, -0.25) is 4.99 Å². The minimum atomic E-state index is -0.101. The van der Waals surface area contributed by atoms with Crippen LogP contribution < -0.4 is 0 Å². The van der Waals surface area contributed by atoms with Crippen molar-refractivity contribution in [1.29, 1.82) is 0 Å². The fourth-order valence-corrected chi connectivity index (χ4v) is 3.22. The molecular formula is C15H13NO. The molecule has 17 heavy (non-hydrogen) atoms. The largest absolute Gasteiger partial charge is 0.489 e. The molecule has 0 aromatic carbocycles. The van der Waals surface area contributed by atoms with Gasteiger partial charge in [0, 0.05) is 11.9 Å². The molecule has 3 atom stereocenters. The minimum absolute atomic E-state index is 0.101. The van der Waals surface area contributed by atoms with Gasteiger partial charge in [-0.1, -0.05) is 24.3 Å². The van der Waals surface area contributed by atoms with Gasteiger partial charge in [0.2, 0.25) is 0 Å². The molecule has 2 aliphatic heterocycles. The molecule has 84 valence electrons. The molecule has 2 heterocycles. The van der Waals surface area contributed by atoms with Crippen molar-refractivity contribution in [2.75, 3.05) is 0 Å². The minimum Gasteiger partial charge on any atom is -0.489 e. The van der Waals surface area contributed by atoms with E-state index in [1.54, 1.807) is 0 Å². The van der Waals surface area contributed by atoms with E-state index in [2.05, 4.69) is 47.5 Å². The highest BCUT2D eigenvalue weighted by Crippen LogP contribution is 2.55. The molecule has 4 aliphatic rings. The van der Waals surface area contributed by atoms with Crippen LogP contribution in [0.25, 0.3) is 0 Å². The molecule has 2 aliphatic carbocycles. The predicted molar refractivity (Wildman–Crippen MR) is 67.5 cm³/mol. The van der Waals surface area contributed by atoms with Crippen molar-refractivity contribution in [2.45, 2.75) is 12.5 Å². The van der Waals surface area contributed by atoms with Crippen molar-refractivity contribution < 1.29 is 4.74 Å². The summed E-state index contributed by atoms with van der Waals surface area (Å²) >= 11 is 0. The first-order valence-corrected chi connectivity index (χ1v) is 6.05. The maximum absolute atomic E-state index is 6.09. The summed E-state index contributed by atoms with van der Waals surface area (Å²) in [6.45, 7) is 0. The van der Waals surface area contributed by atoms with Gasteiger partial charge in [-0.05, 0) is 30.7 Å². The predicted octanol–water partition coefficient (Wildman–Crippen LogP) is 2.93. The summed E-state index contributed by atoms with van der Waals surface area (Å²) in [7, 11) is 0. The van der Waals surface area contributed by atoms with Crippen LogP contribution >= 0.6 is 0 Å². The molecule has 0 radical (unpaired) electrons. The Labute approximate surface area is 100 Å². The Bertz CT molecular complexity index is 547. The summed E-state index contributed by atoms with van der Waals surface area (Å²) in [5.41, 5.74) is 1.02. The van der Waals surface area contributed by atoms with Crippen LogP contribution in [0, 0.1) is 11.3 Å². The normalized spacial score (nSPS) is 40.0. The molecule has 0 aromatic rings. The third-order valence-corrected chi connectivity index (χ3v) is 3.93. The van der Waals surface area contributed by atoms with Crippen LogP contribution in [0.15, 0.2) is 65.1 Å². The third-order valence-electron chi connectivity index (χ3n) is 3.93. The SMILES string of the molecule is C1=CC2OC3=CCC=CC34C=CC=NC(=C1)C24. The maximum Gasteiger partial charge on any atom is 0.127 e. The molecule has 4 rings (SSSR count). The summed E-state index contributed by atoms with van der Waals surface area (Å²) in [6.07, 6.45) is 20.2. The molecule has 0 saturated carbocycles. The second kappa shape index (κ2) is 3.10. The number of allylic oxidation sites excluding steroid dienone is 6. The van der Waals surface area contributed by atoms with Crippen molar-refractivity contribution >= 4 is 6.21 Å².